The van der Waals surface area contributed by atoms with Crippen LogP contribution in [0.15, 0.2) is 22.7 Å². The van der Waals surface area contributed by atoms with Gasteiger partial charge in [0, 0.05) is 10.2 Å². The quantitative estimate of drug-likeness (QED) is 0.901. The molecular weight excluding hydrogens is 325 g/mol. The number of carboxylic acids is 1. The van der Waals surface area contributed by atoms with Gasteiger partial charge >= 0.3 is 5.97 Å². The highest BCUT2D eigenvalue weighted by molar-refractivity contribution is 9.10. The number of hydrogen-bond acceptors (Lipinski definition) is 3. The molecule has 0 radical (unpaired) electrons. The average molecular weight is 334 g/mol. The Kier molecular flexibility index (Phi) is 3.91. The number of halogens is 2. The molecule has 1 unspecified atom stereocenters. The Bertz CT molecular complexity index is 511. The Hall–Kier alpha value is -1.08. The minimum Gasteiger partial charge on any atom is -0.480 e. The van der Waals surface area contributed by atoms with Crippen molar-refractivity contribution >= 4 is 39.6 Å². The minimum atomic E-state index is -1.04. The molecule has 96 valence electrons. The molecule has 18 heavy (non-hydrogen) atoms. The van der Waals surface area contributed by atoms with E-state index in [1.165, 1.54) is 28.8 Å². The van der Waals surface area contributed by atoms with E-state index < -0.39 is 23.7 Å². The molecule has 4 nitrogen and oxygen atoms in total. The van der Waals surface area contributed by atoms with Gasteiger partial charge in [0.1, 0.15) is 11.9 Å². The smallest absolute Gasteiger partial charge is 0.327 e. The summed E-state index contributed by atoms with van der Waals surface area (Å²) in [7, 11) is 0. The Morgan fingerprint density at radius 2 is 2.22 bits per heavy atom. The van der Waals surface area contributed by atoms with Crippen molar-refractivity contribution in [2.45, 2.75) is 6.04 Å². The van der Waals surface area contributed by atoms with Gasteiger partial charge in [-0.1, -0.05) is 0 Å². The topological polar surface area (TPSA) is 57.6 Å². The summed E-state index contributed by atoms with van der Waals surface area (Å²) in [4.78, 5) is 24.4. The van der Waals surface area contributed by atoms with E-state index in [1.807, 2.05) is 0 Å². The van der Waals surface area contributed by atoms with Gasteiger partial charge in [-0.15, -0.1) is 11.8 Å². The van der Waals surface area contributed by atoms with Crippen molar-refractivity contribution in [3.05, 3.63) is 34.1 Å². The lowest BCUT2D eigenvalue weighted by Gasteiger charge is -2.21. The lowest BCUT2D eigenvalue weighted by atomic mass is 10.1. The Labute approximate surface area is 115 Å². The number of rotatable bonds is 2. The van der Waals surface area contributed by atoms with Crippen molar-refractivity contribution in [3.8, 4) is 0 Å². The van der Waals surface area contributed by atoms with E-state index in [2.05, 4.69) is 15.9 Å². The van der Waals surface area contributed by atoms with Gasteiger partial charge in [0.05, 0.1) is 11.4 Å². The van der Waals surface area contributed by atoms with E-state index in [4.69, 9.17) is 5.11 Å². The number of hydrogen-bond donors (Lipinski definition) is 1. The fourth-order valence-corrected chi connectivity index (χ4v) is 3.22. The van der Waals surface area contributed by atoms with Crippen LogP contribution in [-0.4, -0.2) is 39.6 Å². The number of carboxylic acid groups (broad SMARTS) is 1. The Morgan fingerprint density at radius 1 is 1.50 bits per heavy atom. The first-order valence-electron chi connectivity index (χ1n) is 5.07. The summed E-state index contributed by atoms with van der Waals surface area (Å²) in [5.41, 5.74) is 0.142. The van der Waals surface area contributed by atoms with Crippen molar-refractivity contribution in [2.75, 3.05) is 11.6 Å². The molecule has 2 rings (SSSR count). The van der Waals surface area contributed by atoms with Crippen molar-refractivity contribution in [1.82, 2.24) is 4.90 Å². The summed E-state index contributed by atoms with van der Waals surface area (Å²) in [5, 5.41) is 9.01. The van der Waals surface area contributed by atoms with Crippen molar-refractivity contribution < 1.29 is 19.1 Å². The maximum Gasteiger partial charge on any atom is 0.327 e. The van der Waals surface area contributed by atoms with Gasteiger partial charge in [-0.3, -0.25) is 4.79 Å². The molecule has 0 aromatic heterocycles. The fraction of sp³-hybridized carbons (Fsp3) is 0.273. The van der Waals surface area contributed by atoms with Crippen LogP contribution in [0.5, 0.6) is 0 Å². The molecule has 1 atom stereocenters. The highest BCUT2D eigenvalue weighted by Gasteiger charge is 2.35. The first kappa shape index (κ1) is 13.4. The number of benzene rings is 1. The van der Waals surface area contributed by atoms with Crippen LogP contribution in [0.2, 0.25) is 0 Å². The zero-order valence-electron chi connectivity index (χ0n) is 9.10. The van der Waals surface area contributed by atoms with E-state index >= 15 is 0 Å². The molecule has 1 fully saturated rings. The summed E-state index contributed by atoms with van der Waals surface area (Å²) in [5.74, 6) is -1.38. The zero-order chi connectivity index (χ0) is 13.3. The molecule has 1 saturated heterocycles. The average Bonchev–Trinajstić information content (AvgIpc) is 2.80. The number of carbonyl (C=O) groups is 2. The molecule has 0 aliphatic carbocycles. The standard InChI is InChI=1S/C11H9BrFNO3S/c12-8-2-1-6(13)3-7(8)10(15)14-5-18-4-9(14)11(16)17/h1-3,9H,4-5H2,(H,16,17). The zero-order valence-corrected chi connectivity index (χ0v) is 11.5. The molecule has 1 amide bonds. The fourth-order valence-electron chi connectivity index (χ4n) is 1.66. The summed E-state index contributed by atoms with van der Waals surface area (Å²) >= 11 is 4.53. The first-order chi connectivity index (χ1) is 8.50. The van der Waals surface area contributed by atoms with E-state index in [0.29, 0.717) is 16.1 Å². The third kappa shape index (κ3) is 2.51. The second-order valence-corrected chi connectivity index (χ2v) is 5.61. The molecule has 0 bridgehead atoms. The summed E-state index contributed by atoms with van der Waals surface area (Å²) < 4.78 is 13.6. The number of nitrogens with zero attached hydrogens (tertiary/aromatic N) is 1. The van der Waals surface area contributed by atoms with Crippen LogP contribution in [0.25, 0.3) is 0 Å². The van der Waals surface area contributed by atoms with Crippen molar-refractivity contribution in [1.29, 1.82) is 0 Å². The van der Waals surface area contributed by atoms with Crippen LogP contribution < -0.4 is 0 Å². The van der Waals surface area contributed by atoms with E-state index in [9.17, 15) is 14.0 Å². The molecular formula is C11H9BrFNO3S. The second kappa shape index (κ2) is 5.27. The summed E-state index contributed by atoms with van der Waals surface area (Å²) in [6, 6.07) is 2.92. The highest BCUT2D eigenvalue weighted by Crippen LogP contribution is 2.26. The lowest BCUT2D eigenvalue weighted by Crippen LogP contribution is -2.41. The molecule has 0 spiro atoms. The number of amides is 1. The molecule has 0 saturated carbocycles. The number of thioether (sulfide) groups is 1. The van der Waals surface area contributed by atoms with E-state index in [1.54, 1.807) is 0 Å². The van der Waals surface area contributed by atoms with Gasteiger partial charge in [-0.05, 0) is 34.1 Å². The van der Waals surface area contributed by atoms with E-state index in [-0.39, 0.29) is 5.56 Å². The van der Waals surface area contributed by atoms with E-state index in [0.717, 1.165) is 6.07 Å². The molecule has 1 heterocycles. The molecule has 7 heteroatoms. The number of aliphatic carboxylic acids is 1. The van der Waals surface area contributed by atoms with Crippen LogP contribution in [0.3, 0.4) is 0 Å². The maximum absolute atomic E-state index is 13.1. The SMILES string of the molecule is O=C(O)C1CSCN1C(=O)c1cc(F)ccc1Br. The van der Waals surface area contributed by atoms with Gasteiger partial charge in [-0.25, -0.2) is 9.18 Å². The second-order valence-electron chi connectivity index (χ2n) is 3.75. The number of carbonyl (C=O) groups excluding carboxylic acids is 1. The third-order valence-corrected chi connectivity index (χ3v) is 4.29. The predicted molar refractivity (Wildman–Crippen MR) is 69.0 cm³/mol. The van der Waals surface area contributed by atoms with Crippen molar-refractivity contribution in [3.63, 3.8) is 0 Å². The predicted octanol–water partition coefficient (Wildman–Crippen LogP) is 2.19. The monoisotopic (exact) mass is 333 g/mol. The van der Waals surface area contributed by atoms with Crippen LogP contribution in [0.4, 0.5) is 4.39 Å². The summed E-state index contributed by atoms with van der Waals surface area (Å²) in [6.45, 7) is 0. The minimum absolute atomic E-state index is 0.142. The molecule has 1 aliphatic heterocycles. The van der Waals surface area contributed by atoms with Crippen LogP contribution in [0.1, 0.15) is 10.4 Å². The third-order valence-electron chi connectivity index (χ3n) is 2.59. The van der Waals surface area contributed by atoms with Gasteiger partial charge in [0.25, 0.3) is 5.91 Å². The molecule has 1 aromatic carbocycles. The van der Waals surface area contributed by atoms with Gasteiger partial charge in [-0.2, -0.15) is 0 Å². The van der Waals surface area contributed by atoms with Crippen molar-refractivity contribution in [2.24, 2.45) is 0 Å². The summed E-state index contributed by atoms with van der Waals surface area (Å²) in [6.07, 6.45) is 0. The lowest BCUT2D eigenvalue weighted by molar-refractivity contribution is -0.140. The molecule has 1 aromatic rings. The van der Waals surface area contributed by atoms with Gasteiger partial charge < -0.3 is 10.0 Å². The normalized spacial score (nSPS) is 19.0. The maximum atomic E-state index is 13.1. The largest absolute Gasteiger partial charge is 0.480 e. The first-order valence-corrected chi connectivity index (χ1v) is 7.02. The van der Waals surface area contributed by atoms with Crippen LogP contribution in [0, 0.1) is 5.82 Å². The Morgan fingerprint density at radius 3 is 2.89 bits per heavy atom. The Balaban J connectivity index is 2.31. The highest BCUT2D eigenvalue weighted by atomic mass is 79.9. The van der Waals surface area contributed by atoms with Gasteiger partial charge in [0.15, 0.2) is 0 Å². The van der Waals surface area contributed by atoms with Gasteiger partial charge in [0.2, 0.25) is 0 Å². The van der Waals surface area contributed by atoms with Crippen LogP contribution >= 0.6 is 27.7 Å². The molecule has 1 aliphatic rings. The van der Waals surface area contributed by atoms with Crippen LogP contribution in [-0.2, 0) is 4.79 Å². The molecule has 1 N–H and O–H groups in total.